The third-order valence-electron chi connectivity index (χ3n) is 4.94. The molecule has 25 heavy (non-hydrogen) atoms. The van der Waals surface area contributed by atoms with E-state index in [9.17, 15) is 9.90 Å². The second kappa shape index (κ2) is 7.35. The van der Waals surface area contributed by atoms with Gasteiger partial charge in [0, 0.05) is 12.5 Å². The van der Waals surface area contributed by atoms with E-state index in [1.54, 1.807) is 4.68 Å². The highest BCUT2D eigenvalue weighted by atomic mass is 16.3. The molecule has 6 heteroatoms. The number of aryl methyl sites for hydroxylation is 1. The predicted molar refractivity (Wildman–Crippen MR) is 95.9 cm³/mol. The summed E-state index contributed by atoms with van der Waals surface area (Å²) in [5.41, 5.74) is 3.34. The number of benzene rings is 1. The average Bonchev–Trinajstić information content (AvgIpc) is 3.37. The highest BCUT2D eigenvalue weighted by Gasteiger charge is 2.34. The number of carbonyl (C=O) groups is 1. The Kier molecular flexibility index (Phi) is 5.18. The number of hydrogen-bond donors (Lipinski definition) is 2. The number of aliphatic hydroxyl groups is 1. The van der Waals surface area contributed by atoms with Gasteiger partial charge in [-0.05, 0) is 37.8 Å². The van der Waals surface area contributed by atoms with Crippen LogP contribution in [0.1, 0.15) is 60.8 Å². The maximum Gasteiger partial charge on any atom is 0.273 e. The lowest BCUT2D eigenvalue weighted by molar-refractivity contribution is 0.0845. The van der Waals surface area contributed by atoms with Gasteiger partial charge in [-0.25, -0.2) is 4.68 Å². The normalized spacial score (nSPS) is 16.5. The molecular formula is C19H26N4O2. The van der Waals surface area contributed by atoms with E-state index in [1.165, 1.54) is 5.56 Å². The van der Waals surface area contributed by atoms with E-state index in [0.29, 0.717) is 11.6 Å². The van der Waals surface area contributed by atoms with Gasteiger partial charge in [0.25, 0.3) is 5.91 Å². The van der Waals surface area contributed by atoms with Crippen molar-refractivity contribution >= 4 is 5.91 Å². The van der Waals surface area contributed by atoms with Crippen LogP contribution in [0.25, 0.3) is 5.69 Å². The standard InChI is InChI=1S/C19H26N4O2/c1-4-13(3)16(24)11-20-19(25)17-18(14-7-8-14)23(22-21-17)15-9-5-12(2)6-10-15/h5-6,9-10,13-14,16,24H,4,7-8,11H2,1-3H3,(H,20,25). The molecule has 1 heterocycles. The Morgan fingerprint density at radius 3 is 2.64 bits per heavy atom. The van der Waals surface area contributed by atoms with E-state index in [2.05, 4.69) is 15.6 Å². The molecule has 1 aliphatic rings. The van der Waals surface area contributed by atoms with Gasteiger partial charge in [0.15, 0.2) is 5.69 Å². The van der Waals surface area contributed by atoms with Crippen molar-refractivity contribution in [3.63, 3.8) is 0 Å². The number of nitrogens with zero attached hydrogens (tertiary/aromatic N) is 3. The molecule has 0 saturated heterocycles. The Morgan fingerprint density at radius 2 is 2.04 bits per heavy atom. The van der Waals surface area contributed by atoms with Crippen LogP contribution in [0.5, 0.6) is 0 Å². The second-order valence-corrected chi connectivity index (χ2v) is 7.01. The lowest BCUT2D eigenvalue weighted by Gasteiger charge is -2.17. The Morgan fingerprint density at radius 1 is 1.36 bits per heavy atom. The van der Waals surface area contributed by atoms with Crippen LogP contribution in [0, 0.1) is 12.8 Å². The molecule has 2 atom stereocenters. The Labute approximate surface area is 148 Å². The lowest BCUT2D eigenvalue weighted by Crippen LogP contribution is -2.36. The molecule has 1 aliphatic carbocycles. The van der Waals surface area contributed by atoms with Crippen LogP contribution in [0.3, 0.4) is 0 Å². The topological polar surface area (TPSA) is 80.0 Å². The van der Waals surface area contributed by atoms with Gasteiger partial charge in [-0.2, -0.15) is 0 Å². The number of aromatic nitrogens is 3. The van der Waals surface area contributed by atoms with Gasteiger partial charge < -0.3 is 10.4 Å². The summed E-state index contributed by atoms with van der Waals surface area (Å²) in [6, 6.07) is 8.03. The highest BCUT2D eigenvalue weighted by molar-refractivity contribution is 5.93. The zero-order valence-electron chi connectivity index (χ0n) is 15.1. The van der Waals surface area contributed by atoms with Crippen LogP contribution in [-0.4, -0.2) is 38.7 Å². The number of amides is 1. The minimum atomic E-state index is -0.550. The van der Waals surface area contributed by atoms with E-state index in [0.717, 1.165) is 30.6 Å². The van der Waals surface area contributed by atoms with Gasteiger partial charge in [0.1, 0.15) is 0 Å². The third-order valence-corrected chi connectivity index (χ3v) is 4.94. The summed E-state index contributed by atoms with van der Waals surface area (Å²) in [5, 5.41) is 21.2. The van der Waals surface area contributed by atoms with Crippen molar-refractivity contribution in [2.24, 2.45) is 5.92 Å². The van der Waals surface area contributed by atoms with Gasteiger partial charge in [-0.15, -0.1) is 5.10 Å². The summed E-state index contributed by atoms with van der Waals surface area (Å²) < 4.78 is 1.77. The van der Waals surface area contributed by atoms with Gasteiger partial charge in [0.2, 0.25) is 0 Å². The Bertz CT molecular complexity index is 734. The monoisotopic (exact) mass is 342 g/mol. The SMILES string of the molecule is CCC(C)C(O)CNC(=O)c1nnn(-c2ccc(C)cc2)c1C1CC1. The van der Waals surface area contributed by atoms with E-state index in [1.807, 2.05) is 45.0 Å². The first kappa shape index (κ1) is 17.6. The molecule has 134 valence electrons. The molecule has 2 unspecified atom stereocenters. The number of hydrogen-bond acceptors (Lipinski definition) is 4. The number of carbonyl (C=O) groups excluding carboxylic acids is 1. The van der Waals surface area contributed by atoms with Crippen molar-refractivity contribution in [1.82, 2.24) is 20.3 Å². The van der Waals surface area contributed by atoms with E-state index in [4.69, 9.17) is 0 Å². The largest absolute Gasteiger partial charge is 0.391 e. The number of nitrogens with one attached hydrogen (secondary N) is 1. The molecule has 1 aromatic heterocycles. The van der Waals surface area contributed by atoms with Crippen LogP contribution in [0.2, 0.25) is 0 Å². The first-order valence-corrected chi connectivity index (χ1v) is 9.00. The Balaban J connectivity index is 1.80. The molecule has 0 bridgehead atoms. The first-order chi connectivity index (χ1) is 12.0. The Hall–Kier alpha value is -2.21. The fourth-order valence-corrected chi connectivity index (χ4v) is 2.80. The van der Waals surface area contributed by atoms with Crippen LogP contribution in [0.4, 0.5) is 0 Å². The highest BCUT2D eigenvalue weighted by Crippen LogP contribution is 2.41. The van der Waals surface area contributed by atoms with Crippen molar-refractivity contribution in [2.45, 2.75) is 52.1 Å². The molecule has 2 aromatic rings. The predicted octanol–water partition coefficient (Wildman–Crippen LogP) is 2.59. The molecule has 2 N–H and O–H groups in total. The average molecular weight is 342 g/mol. The number of rotatable bonds is 7. The quantitative estimate of drug-likeness (QED) is 0.810. The van der Waals surface area contributed by atoms with Crippen molar-refractivity contribution in [3.8, 4) is 5.69 Å². The molecule has 0 radical (unpaired) electrons. The molecule has 6 nitrogen and oxygen atoms in total. The van der Waals surface area contributed by atoms with Crippen LogP contribution in [-0.2, 0) is 0 Å². The molecular weight excluding hydrogens is 316 g/mol. The van der Waals surface area contributed by atoms with Crippen molar-refractivity contribution in [3.05, 3.63) is 41.2 Å². The maximum atomic E-state index is 12.6. The van der Waals surface area contributed by atoms with Crippen molar-refractivity contribution in [2.75, 3.05) is 6.54 Å². The van der Waals surface area contributed by atoms with Crippen LogP contribution in [0.15, 0.2) is 24.3 Å². The molecule has 0 aliphatic heterocycles. The summed E-state index contributed by atoms with van der Waals surface area (Å²) >= 11 is 0. The first-order valence-electron chi connectivity index (χ1n) is 9.00. The fraction of sp³-hybridized carbons (Fsp3) is 0.526. The zero-order valence-corrected chi connectivity index (χ0v) is 15.1. The summed E-state index contributed by atoms with van der Waals surface area (Å²) in [7, 11) is 0. The van der Waals surface area contributed by atoms with Crippen LogP contribution < -0.4 is 5.32 Å². The second-order valence-electron chi connectivity index (χ2n) is 7.01. The van der Waals surface area contributed by atoms with Gasteiger partial charge in [0.05, 0.1) is 17.5 Å². The summed E-state index contributed by atoms with van der Waals surface area (Å²) in [6.07, 6.45) is 2.42. The zero-order chi connectivity index (χ0) is 18.0. The smallest absolute Gasteiger partial charge is 0.273 e. The third kappa shape index (κ3) is 3.90. The molecule has 0 spiro atoms. The van der Waals surface area contributed by atoms with E-state index < -0.39 is 6.10 Å². The summed E-state index contributed by atoms with van der Waals surface area (Å²) in [5.74, 6) is 0.214. The molecule has 3 rings (SSSR count). The lowest BCUT2D eigenvalue weighted by atomic mass is 10.0. The number of aliphatic hydroxyl groups excluding tert-OH is 1. The van der Waals surface area contributed by atoms with Crippen molar-refractivity contribution < 1.29 is 9.90 Å². The molecule has 1 fully saturated rings. The van der Waals surface area contributed by atoms with Gasteiger partial charge >= 0.3 is 0 Å². The molecule has 1 amide bonds. The van der Waals surface area contributed by atoms with Gasteiger partial charge in [-0.1, -0.05) is 43.2 Å². The maximum absolute atomic E-state index is 12.6. The minimum absolute atomic E-state index is 0.145. The summed E-state index contributed by atoms with van der Waals surface area (Å²) in [6.45, 7) is 6.26. The van der Waals surface area contributed by atoms with Crippen molar-refractivity contribution in [1.29, 1.82) is 0 Å². The van der Waals surface area contributed by atoms with E-state index in [-0.39, 0.29) is 18.4 Å². The van der Waals surface area contributed by atoms with Crippen LogP contribution >= 0.6 is 0 Å². The van der Waals surface area contributed by atoms with E-state index >= 15 is 0 Å². The molecule has 1 saturated carbocycles. The van der Waals surface area contributed by atoms with Gasteiger partial charge in [-0.3, -0.25) is 4.79 Å². The summed E-state index contributed by atoms with van der Waals surface area (Å²) in [4.78, 5) is 12.6. The molecule has 1 aromatic carbocycles. The fourth-order valence-electron chi connectivity index (χ4n) is 2.80. The minimum Gasteiger partial charge on any atom is -0.391 e.